The lowest BCUT2D eigenvalue weighted by Gasteiger charge is -2.20. The Balaban J connectivity index is 1.76. The SMILES string of the molecule is Cc1ccc(C(=O)CC2CC3CCC2C3)c(F)c1F. The monoisotopic (exact) mass is 264 g/mol. The van der Waals surface area contributed by atoms with Gasteiger partial charge in [0.2, 0.25) is 0 Å². The summed E-state index contributed by atoms with van der Waals surface area (Å²) in [7, 11) is 0. The first-order valence-corrected chi connectivity index (χ1v) is 7.04. The van der Waals surface area contributed by atoms with Gasteiger partial charge >= 0.3 is 0 Å². The van der Waals surface area contributed by atoms with Gasteiger partial charge in [0.05, 0.1) is 5.56 Å². The number of aryl methyl sites for hydroxylation is 1. The molecule has 0 amide bonds. The number of ketones is 1. The van der Waals surface area contributed by atoms with Crippen LogP contribution >= 0.6 is 0 Å². The van der Waals surface area contributed by atoms with Crippen molar-refractivity contribution in [2.24, 2.45) is 17.8 Å². The fourth-order valence-corrected chi connectivity index (χ4v) is 3.84. The average molecular weight is 264 g/mol. The third-order valence-electron chi connectivity index (χ3n) is 4.91. The molecule has 0 spiro atoms. The topological polar surface area (TPSA) is 17.1 Å². The Morgan fingerprint density at radius 1 is 1.21 bits per heavy atom. The van der Waals surface area contributed by atoms with E-state index in [1.807, 2.05) is 0 Å². The summed E-state index contributed by atoms with van der Waals surface area (Å²) in [4.78, 5) is 12.2. The Kier molecular flexibility index (Phi) is 3.15. The fraction of sp³-hybridized carbons (Fsp3) is 0.562. The van der Waals surface area contributed by atoms with Crippen molar-refractivity contribution in [2.75, 3.05) is 0 Å². The van der Waals surface area contributed by atoms with E-state index in [0.717, 1.165) is 12.3 Å². The van der Waals surface area contributed by atoms with Crippen LogP contribution in [0, 0.1) is 36.3 Å². The van der Waals surface area contributed by atoms with Crippen molar-refractivity contribution < 1.29 is 13.6 Å². The van der Waals surface area contributed by atoms with Crippen LogP contribution in [0.3, 0.4) is 0 Å². The Labute approximate surface area is 112 Å². The van der Waals surface area contributed by atoms with E-state index in [2.05, 4.69) is 0 Å². The lowest BCUT2D eigenvalue weighted by atomic mass is 9.84. The molecule has 19 heavy (non-hydrogen) atoms. The molecule has 1 aromatic rings. The molecule has 2 fully saturated rings. The molecule has 3 atom stereocenters. The van der Waals surface area contributed by atoms with Crippen LogP contribution in [0.15, 0.2) is 12.1 Å². The lowest BCUT2D eigenvalue weighted by molar-refractivity contribution is 0.0939. The van der Waals surface area contributed by atoms with Crippen LogP contribution in [0.1, 0.15) is 48.0 Å². The number of carbonyl (C=O) groups is 1. The molecule has 3 rings (SSSR count). The first kappa shape index (κ1) is 12.8. The van der Waals surface area contributed by atoms with E-state index >= 15 is 0 Å². The molecule has 0 heterocycles. The molecule has 3 unspecified atom stereocenters. The Hall–Kier alpha value is -1.25. The number of Topliss-reactive ketones (excluding diaryl/α,β-unsaturated/α-hetero) is 1. The number of hydrogen-bond acceptors (Lipinski definition) is 1. The van der Waals surface area contributed by atoms with Gasteiger partial charge in [-0.25, -0.2) is 8.78 Å². The molecule has 0 aliphatic heterocycles. The van der Waals surface area contributed by atoms with Crippen molar-refractivity contribution in [1.29, 1.82) is 0 Å². The van der Waals surface area contributed by atoms with E-state index in [9.17, 15) is 13.6 Å². The number of carbonyl (C=O) groups excluding carboxylic acids is 1. The zero-order valence-corrected chi connectivity index (χ0v) is 11.1. The highest BCUT2D eigenvalue weighted by atomic mass is 19.2. The Morgan fingerprint density at radius 2 is 2.00 bits per heavy atom. The maximum Gasteiger partial charge on any atom is 0.169 e. The second-order valence-electron chi connectivity index (χ2n) is 6.12. The van der Waals surface area contributed by atoms with E-state index in [-0.39, 0.29) is 16.9 Å². The summed E-state index contributed by atoms with van der Waals surface area (Å²) in [6.07, 6.45) is 5.17. The van der Waals surface area contributed by atoms with Gasteiger partial charge in [-0.2, -0.15) is 0 Å². The summed E-state index contributed by atoms with van der Waals surface area (Å²) in [5.74, 6) is -0.328. The normalized spacial score (nSPS) is 28.9. The van der Waals surface area contributed by atoms with Gasteiger partial charge in [0.15, 0.2) is 17.4 Å². The van der Waals surface area contributed by atoms with Gasteiger partial charge in [0.1, 0.15) is 0 Å². The molecule has 2 aliphatic carbocycles. The van der Waals surface area contributed by atoms with E-state index in [1.165, 1.54) is 38.3 Å². The number of halogens is 2. The molecule has 0 N–H and O–H groups in total. The zero-order valence-electron chi connectivity index (χ0n) is 11.1. The highest BCUT2D eigenvalue weighted by Gasteiger charge is 2.40. The van der Waals surface area contributed by atoms with Crippen molar-refractivity contribution in [2.45, 2.75) is 39.0 Å². The van der Waals surface area contributed by atoms with Gasteiger partial charge in [0, 0.05) is 6.42 Å². The second kappa shape index (κ2) is 4.69. The molecular weight excluding hydrogens is 246 g/mol. The minimum atomic E-state index is -0.979. The van der Waals surface area contributed by atoms with Crippen molar-refractivity contribution in [3.8, 4) is 0 Å². The van der Waals surface area contributed by atoms with Crippen LogP contribution in [0.4, 0.5) is 8.78 Å². The number of fused-ring (bicyclic) bond motifs is 2. The highest BCUT2D eigenvalue weighted by Crippen LogP contribution is 2.49. The molecule has 2 aliphatic rings. The van der Waals surface area contributed by atoms with Gasteiger partial charge < -0.3 is 0 Å². The largest absolute Gasteiger partial charge is 0.294 e. The van der Waals surface area contributed by atoms with E-state index < -0.39 is 11.6 Å². The van der Waals surface area contributed by atoms with Crippen LogP contribution in [0.25, 0.3) is 0 Å². The van der Waals surface area contributed by atoms with Crippen LogP contribution < -0.4 is 0 Å². The summed E-state index contributed by atoms with van der Waals surface area (Å²) < 4.78 is 27.3. The van der Waals surface area contributed by atoms with Gasteiger partial charge in [-0.05, 0) is 55.6 Å². The minimum Gasteiger partial charge on any atom is -0.294 e. The lowest BCUT2D eigenvalue weighted by Crippen LogP contribution is -2.16. The molecule has 0 radical (unpaired) electrons. The van der Waals surface area contributed by atoms with Gasteiger partial charge in [-0.1, -0.05) is 12.5 Å². The summed E-state index contributed by atoms with van der Waals surface area (Å²) >= 11 is 0. The number of hydrogen-bond donors (Lipinski definition) is 0. The molecule has 2 bridgehead atoms. The zero-order chi connectivity index (χ0) is 13.6. The number of benzene rings is 1. The smallest absolute Gasteiger partial charge is 0.169 e. The van der Waals surface area contributed by atoms with Gasteiger partial charge in [-0.3, -0.25) is 4.79 Å². The van der Waals surface area contributed by atoms with E-state index in [1.54, 1.807) is 0 Å². The maximum absolute atomic E-state index is 13.8. The first-order valence-electron chi connectivity index (χ1n) is 7.04. The van der Waals surface area contributed by atoms with E-state index in [4.69, 9.17) is 0 Å². The predicted molar refractivity (Wildman–Crippen MR) is 69.0 cm³/mol. The standard InChI is InChI=1S/C16H18F2O/c1-9-2-5-13(16(18)15(9)17)14(19)8-12-7-10-3-4-11(12)6-10/h2,5,10-12H,3-4,6-8H2,1H3. The first-order chi connectivity index (χ1) is 9.06. The Morgan fingerprint density at radius 3 is 2.63 bits per heavy atom. The highest BCUT2D eigenvalue weighted by molar-refractivity contribution is 5.96. The number of rotatable bonds is 3. The van der Waals surface area contributed by atoms with Crippen LogP contribution in [0.2, 0.25) is 0 Å². The summed E-state index contributed by atoms with van der Waals surface area (Å²) in [5.41, 5.74) is 0.167. The van der Waals surface area contributed by atoms with Crippen LogP contribution in [-0.4, -0.2) is 5.78 Å². The summed E-state index contributed by atoms with van der Waals surface area (Å²) in [6, 6.07) is 2.90. The van der Waals surface area contributed by atoms with Gasteiger partial charge in [0.25, 0.3) is 0 Å². The molecule has 0 saturated heterocycles. The summed E-state index contributed by atoms with van der Waals surface area (Å²) in [5, 5.41) is 0. The van der Waals surface area contributed by atoms with Gasteiger partial charge in [-0.15, -0.1) is 0 Å². The summed E-state index contributed by atoms with van der Waals surface area (Å²) in [6.45, 7) is 1.50. The molecular formula is C16H18F2O. The third-order valence-corrected chi connectivity index (χ3v) is 4.91. The Bertz CT molecular complexity index is 524. The molecule has 1 nitrogen and oxygen atoms in total. The van der Waals surface area contributed by atoms with Crippen molar-refractivity contribution in [1.82, 2.24) is 0 Å². The molecule has 2 saturated carbocycles. The van der Waals surface area contributed by atoms with Crippen molar-refractivity contribution in [3.05, 3.63) is 34.9 Å². The molecule has 3 heteroatoms. The second-order valence-corrected chi connectivity index (χ2v) is 6.12. The fourth-order valence-electron chi connectivity index (χ4n) is 3.84. The molecule has 102 valence electrons. The molecule has 1 aromatic carbocycles. The van der Waals surface area contributed by atoms with Crippen LogP contribution in [0.5, 0.6) is 0 Å². The minimum absolute atomic E-state index is 0.0779. The quantitative estimate of drug-likeness (QED) is 0.745. The van der Waals surface area contributed by atoms with Crippen molar-refractivity contribution in [3.63, 3.8) is 0 Å². The molecule has 0 aromatic heterocycles. The maximum atomic E-state index is 13.8. The van der Waals surface area contributed by atoms with E-state index in [0.29, 0.717) is 18.3 Å². The third kappa shape index (κ3) is 2.19. The average Bonchev–Trinajstić information content (AvgIpc) is 2.98. The van der Waals surface area contributed by atoms with Crippen molar-refractivity contribution >= 4 is 5.78 Å². The predicted octanol–water partition coefficient (Wildman–Crippen LogP) is 4.28. The van der Waals surface area contributed by atoms with Crippen LogP contribution in [-0.2, 0) is 0 Å².